The Hall–Kier alpha value is -2.66. The summed E-state index contributed by atoms with van der Waals surface area (Å²) in [7, 11) is 0. The van der Waals surface area contributed by atoms with Crippen molar-refractivity contribution in [2.45, 2.75) is 53.1 Å². The van der Waals surface area contributed by atoms with Gasteiger partial charge in [0.05, 0.1) is 23.5 Å². The van der Waals surface area contributed by atoms with Crippen LogP contribution in [0.5, 0.6) is 0 Å². The largest absolute Gasteiger partial charge is 0.326 e. The first-order chi connectivity index (χ1) is 14.4. The van der Waals surface area contributed by atoms with Crippen molar-refractivity contribution in [3.63, 3.8) is 0 Å². The van der Waals surface area contributed by atoms with Crippen molar-refractivity contribution >= 4 is 22.6 Å². The van der Waals surface area contributed by atoms with Crippen LogP contribution in [0.2, 0.25) is 0 Å². The number of benzene rings is 2. The minimum Gasteiger partial charge on any atom is -0.326 e. The average Bonchev–Trinajstić information content (AvgIpc) is 3.08. The molecule has 0 aliphatic carbocycles. The summed E-state index contributed by atoms with van der Waals surface area (Å²) in [5, 5.41) is 3.16. The lowest BCUT2D eigenvalue weighted by molar-refractivity contribution is -0.121. The molecule has 0 unspecified atom stereocenters. The summed E-state index contributed by atoms with van der Waals surface area (Å²) in [4.78, 5) is 20.3. The van der Waals surface area contributed by atoms with Crippen LogP contribution in [0, 0.1) is 19.8 Å². The highest BCUT2D eigenvalue weighted by molar-refractivity contribution is 5.93. The molecule has 158 valence electrons. The standard InChI is InChI=1S/C25H32N4O/c1-17(2)29-23-10-6-5-9-22(23)26-24(29)16-28-13-7-8-20(15-28)25(30)27-21-12-11-18(3)14-19(21)4/h5-6,9-12,14,17,20H,7-8,13,15-16H2,1-4H3,(H,27,30)/t20-/m1/s1. The fourth-order valence-electron chi connectivity index (χ4n) is 4.58. The molecule has 1 atom stereocenters. The second-order valence-electron chi connectivity index (χ2n) is 8.86. The molecule has 3 aromatic rings. The molecule has 0 radical (unpaired) electrons. The molecule has 5 heteroatoms. The van der Waals surface area contributed by atoms with E-state index >= 15 is 0 Å². The summed E-state index contributed by atoms with van der Waals surface area (Å²) in [6.45, 7) is 11.1. The van der Waals surface area contributed by atoms with Gasteiger partial charge in [-0.15, -0.1) is 0 Å². The van der Waals surface area contributed by atoms with E-state index < -0.39 is 0 Å². The van der Waals surface area contributed by atoms with Crippen LogP contribution in [-0.4, -0.2) is 33.4 Å². The molecular weight excluding hydrogens is 372 g/mol. The van der Waals surface area contributed by atoms with E-state index in [-0.39, 0.29) is 11.8 Å². The van der Waals surface area contributed by atoms with Gasteiger partial charge in [-0.3, -0.25) is 9.69 Å². The molecule has 1 saturated heterocycles. The minimum absolute atomic E-state index is 0.0105. The third-order valence-corrected chi connectivity index (χ3v) is 6.07. The van der Waals surface area contributed by atoms with E-state index in [0.29, 0.717) is 6.04 Å². The van der Waals surface area contributed by atoms with Gasteiger partial charge in [0, 0.05) is 18.3 Å². The topological polar surface area (TPSA) is 50.2 Å². The van der Waals surface area contributed by atoms with Gasteiger partial charge >= 0.3 is 0 Å². The molecular formula is C25H32N4O. The summed E-state index contributed by atoms with van der Waals surface area (Å²) >= 11 is 0. The predicted molar refractivity (Wildman–Crippen MR) is 123 cm³/mol. The number of hydrogen-bond acceptors (Lipinski definition) is 3. The SMILES string of the molecule is Cc1ccc(NC(=O)[C@@H]2CCCN(Cc3nc4ccccc4n3C(C)C)C2)c(C)c1. The zero-order chi connectivity index (χ0) is 21.3. The summed E-state index contributed by atoms with van der Waals surface area (Å²) in [5.41, 5.74) is 5.47. The van der Waals surface area contributed by atoms with Gasteiger partial charge in [0.25, 0.3) is 0 Å². The smallest absolute Gasteiger partial charge is 0.228 e. The number of likely N-dealkylation sites (tertiary alicyclic amines) is 1. The van der Waals surface area contributed by atoms with Crippen LogP contribution in [-0.2, 0) is 11.3 Å². The number of fused-ring (bicyclic) bond motifs is 1. The zero-order valence-electron chi connectivity index (χ0n) is 18.5. The first kappa shape index (κ1) is 20.6. The number of aromatic nitrogens is 2. The number of para-hydroxylation sites is 2. The summed E-state index contributed by atoms with van der Waals surface area (Å²) in [6, 6.07) is 14.8. The van der Waals surface area contributed by atoms with Gasteiger partial charge < -0.3 is 9.88 Å². The van der Waals surface area contributed by atoms with E-state index in [4.69, 9.17) is 4.98 Å². The first-order valence-electron chi connectivity index (χ1n) is 11.0. The lowest BCUT2D eigenvalue weighted by atomic mass is 9.96. The quantitative estimate of drug-likeness (QED) is 0.645. The van der Waals surface area contributed by atoms with Crippen LogP contribution in [0.3, 0.4) is 0 Å². The fourth-order valence-corrected chi connectivity index (χ4v) is 4.58. The number of carbonyl (C=O) groups excluding carboxylic acids is 1. The molecule has 0 bridgehead atoms. The molecule has 4 rings (SSSR count). The van der Waals surface area contributed by atoms with Crippen LogP contribution >= 0.6 is 0 Å². The average molecular weight is 405 g/mol. The monoisotopic (exact) mass is 404 g/mol. The Morgan fingerprint density at radius 3 is 2.77 bits per heavy atom. The highest BCUT2D eigenvalue weighted by atomic mass is 16.1. The number of rotatable bonds is 5. The summed E-state index contributed by atoms with van der Waals surface area (Å²) in [6.07, 6.45) is 1.97. The number of piperidine rings is 1. The minimum atomic E-state index is 0.0105. The first-order valence-corrected chi connectivity index (χ1v) is 11.0. The lowest BCUT2D eigenvalue weighted by Gasteiger charge is -2.32. The lowest BCUT2D eigenvalue weighted by Crippen LogP contribution is -2.40. The normalized spacial score (nSPS) is 17.6. The van der Waals surface area contributed by atoms with E-state index in [1.165, 1.54) is 11.1 Å². The van der Waals surface area contributed by atoms with E-state index in [1.807, 2.05) is 25.1 Å². The number of carbonyl (C=O) groups is 1. The molecule has 0 saturated carbocycles. The van der Waals surface area contributed by atoms with Crippen molar-refractivity contribution in [3.8, 4) is 0 Å². The van der Waals surface area contributed by atoms with E-state index in [1.54, 1.807) is 0 Å². The zero-order valence-corrected chi connectivity index (χ0v) is 18.5. The Bertz CT molecular complexity index is 1050. The Balaban J connectivity index is 1.47. The van der Waals surface area contributed by atoms with Gasteiger partial charge in [0.1, 0.15) is 5.82 Å². The van der Waals surface area contributed by atoms with Crippen molar-refractivity contribution in [2.24, 2.45) is 5.92 Å². The fraction of sp³-hybridized carbons (Fsp3) is 0.440. The van der Waals surface area contributed by atoms with Crippen molar-refractivity contribution < 1.29 is 4.79 Å². The number of hydrogen-bond donors (Lipinski definition) is 1. The Morgan fingerprint density at radius 2 is 2.00 bits per heavy atom. The molecule has 2 aromatic carbocycles. The number of anilines is 1. The number of nitrogens with one attached hydrogen (secondary N) is 1. The molecule has 1 amide bonds. The number of nitrogens with zero attached hydrogens (tertiary/aromatic N) is 3. The van der Waals surface area contributed by atoms with Crippen molar-refractivity contribution in [2.75, 3.05) is 18.4 Å². The second-order valence-corrected chi connectivity index (χ2v) is 8.86. The summed E-state index contributed by atoms with van der Waals surface area (Å²) in [5.74, 6) is 1.22. The second kappa shape index (κ2) is 8.60. The number of imidazole rings is 1. The molecule has 1 aliphatic heterocycles. The maximum atomic E-state index is 13.0. The van der Waals surface area contributed by atoms with Crippen LogP contribution in [0.1, 0.15) is 49.7 Å². The van der Waals surface area contributed by atoms with Crippen LogP contribution in [0.15, 0.2) is 42.5 Å². The van der Waals surface area contributed by atoms with E-state index in [9.17, 15) is 4.79 Å². The van der Waals surface area contributed by atoms with Crippen LogP contribution in [0.25, 0.3) is 11.0 Å². The van der Waals surface area contributed by atoms with E-state index in [0.717, 1.165) is 55.1 Å². The van der Waals surface area contributed by atoms with Crippen molar-refractivity contribution in [1.29, 1.82) is 0 Å². The van der Waals surface area contributed by atoms with Gasteiger partial charge in [0.2, 0.25) is 5.91 Å². The Labute approximate surface area is 179 Å². The molecule has 2 heterocycles. The van der Waals surface area contributed by atoms with Gasteiger partial charge in [-0.05, 0) is 70.8 Å². The third-order valence-electron chi connectivity index (χ3n) is 6.07. The number of amides is 1. The maximum Gasteiger partial charge on any atom is 0.228 e. The van der Waals surface area contributed by atoms with Gasteiger partial charge in [0.15, 0.2) is 0 Å². The van der Waals surface area contributed by atoms with Crippen LogP contribution in [0.4, 0.5) is 5.69 Å². The highest BCUT2D eigenvalue weighted by Gasteiger charge is 2.27. The van der Waals surface area contributed by atoms with Crippen molar-refractivity contribution in [1.82, 2.24) is 14.5 Å². The molecule has 5 nitrogen and oxygen atoms in total. The maximum absolute atomic E-state index is 13.0. The summed E-state index contributed by atoms with van der Waals surface area (Å²) < 4.78 is 2.33. The molecule has 0 spiro atoms. The molecule has 1 N–H and O–H groups in total. The van der Waals surface area contributed by atoms with Crippen LogP contribution < -0.4 is 5.32 Å². The molecule has 30 heavy (non-hydrogen) atoms. The molecule has 1 fully saturated rings. The molecule has 1 aliphatic rings. The van der Waals surface area contributed by atoms with E-state index in [2.05, 4.69) is 59.8 Å². The number of aryl methyl sites for hydroxylation is 2. The molecule has 1 aromatic heterocycles. The third kappa shape index (κ3) is 4.26. The van der Waals surface area contributed by atoms with Crippen molar-refractivity contribution in [3.05, 3.63) is 59.4 Å². The Morgan fingerprint density at radius 1 is 1.20 bits per heavy atom. The Kier molecular flexibility index (Phi) is 5.91. The highest BCUT2D eigenvalue weighted by Crippen LogP contribution is 2.25. The van der Waals surface area contributed by atoms with Gasteiger partial charge in [-0.25, -0.2) is 4.98 Å². The predicted octanol–water partition coefficient (Wildman–Crippen LogP) is 5.08. The van der Waals surface area contributed by atoms with Gasteiger partial charge in [-0.2, -0.15) is 0 Å². The van der Waals surface area contributed by atoms with Gasteiger partial charge in [-0.1, -0.05) is 29.8 Å².